The molecule has 21 heavy (non-hydrogen) atoms. The molecule has 2 aromatic rings. The van der Waals surface area contributed by atoms with Gasteiger partial charge in [0.25, 0.3) is 5.91 Å². The van der Waals surface area contributed by atoms with Crippen LogP contribution >= 0.6 is 0 Å². The first kappa shape index (κ1) is 15.1. The number of nitrogen functional groups attached to an aromatic ring is 1. The van der Waals surface area contributed by atoms with E-state index in [0.29, 0.717) is 24.5 Å². The summed E-state index contributed by atoms with van der Waals surface area (Å²) in [6.45, 7) is 7.13. The van der Waals surface area contributed by atoms with E-state index in [2.05, 4.69) is 5.10 Å². The Balaban J connectivity index is 2.30. The second-order valence-electron chi connectivity index (χ2n) is 5.28. The van der Waals surface area contributed by atoms with Crippen LogP contribution in [-0.2, 0) is 13.1 Å². The molecule has 0 radical (unpaired) electrons. The minimum absolute atomic E-state index is 0.0781. The molecular formula is C16H22N4O. The molecule has 0 bridgehead atoms. The summed E-state index contributed by atoms with van der Waals surface area (Å²) in [6, 6.07) is 10.0. The number of rotatable bonds is 5. The molecule has 0 aliphatic rings. The second kappa shape index (κ2) is 6.43. The van der Waals surface area contributed by atoms with Gasteiger partial charge in [-0.25, -0.2) is 0 Å². The van der Waals surface area contributed by atoms with Gasteiger partial charge in [0.2, 0.25) is 0 Å². The van der Waals surface area contributed by atoms with E-state index in [0.717, 1.165) is 5.56 Å². The molecule has 1 aromatic carbocycles. The molecule has 5 heteroatoms. The van der Waals surface area contributed by atoms with Gasteiger partial charge in [-0.1, -0.05) is 30.3 Å². The number of amides is 1. The monoisotopic (exact) mass is 286 g/mol. The summed E-state index contributed by atoms with van der Waals surface area (Å²) >= 11 is 0. The van der Waals surface area contributed by atoms with Crippen LogP contribution in [0, 0.1) is 0 Å². The Morgan fingerprint density at radius 3 is 2.57 bits per heavy atom. The van der Waals surface area contributed by atoms with Gasteiger partial charge < -0.3 is 10.6 Å². The Labute approximate surface area is 125 Å². The Hall–Kier alpha value is -2.30. The lowest BCUT2D eigenvalue weighted by Crippen LogP contribution is -2.38. The normalized spacial score (nSPS) is 10.9. The number of anilines is 1. The lowest BCUT2D eigenvalue weighted by molar-refractivity contribution is 0.0678. The zero-order valence-corrected chi connectivity index (χ0v) is 12.8. The minimum atomic E-state index is -0.0781. The molecule has 5 nitrogen and oxygen atoms in total. The number of aryl methyl sites for hydroxylation is 1. The highest BCUT2D eigenvalue weighted by atomic mass is 16.2. The third-order valence-corrected chi connectivity index (χ3v) is 3.45. The highest BCUT2D eigenvalue weighted by Crippen LogP contribution is 2.18. The number of nitrogens with two attached hydrogens (primary N) is 1. The summed E-state index contributed by atoms with van der Waals surface area (Å²) in [7, 11) is 0. The Kier molecular flexibility index (Phi) is 4.62. The highest BCUT2D eigenvalue weighted by Gasteiger charge is 2.24. The number of carbonyl (C=O) groups excluding carboxylic acids is 1. The SMILES string of the molecule is CCn1ncc(N)c1C(=O)N(Cc1ccccc1)C(C)C. The van der Waals surface area contributed by atoms with Gasteiger partial charge in [-0.2, -0.15) is 5.10 Å². The standard InChI is InChI=1S/C16H22N4O/c1-4-20-15(14(17)10-18-20)16(21)19(12(2)3)11-13-8-6-5-7-9-13/h5-10,12H,4,11,17H2,1-3H3. The van der Waals surface area contributed by atoms with E-state index in [-0.39, 0.29) is 11.9 Å². The number of hydrogen-bond donors (Lipinski definition) is 1. The zero-order valence-electron chi connectivity index (χ0n) is 12.8. The van der Waals surface area contributed by atoms with Gasteiger partial charge in [-0.05, 0) is 26.3 Å². The minimum Gasteiger partial charge on any atom is -0.396 e. The van der Waals surface area contributed by atoms with E-state index in [1.807, 2.05) is 56.0 Å². The molecule has 0 fully saturated rings. The molecule has 2 N–H and O–H groups in total. The fraction of sp³-hybridized carbons (Fsp3) is 0.375. The third kappa shape index (κ3) is 3.24. The van der Waals surface area contributed by atoms with E-state index in [4.69, 9.17) is 5.73 Å². The molecule has 1 amide bonds. The smallest absolute Gasteiger partial charge is 0.274 e. The number of benzene rings is 1. The van der Waals surface area contributed by atoms with Crippen LogP contribution in [0.2, 0.25) is 0 Å². The van der Waals surface area contributed by atoms with Crippen molar-refractivity contribution < 1.29 is 4.79 Å². The summed E-state index contributed by atoms with van der Waals surface area (Å²) in [5.74, 6) is -0.0781. The molecule has 0 saturated carbocycles. The van der Waals surface area contributed by atoms with E-state index in [1.165, 1.54) is 6.20 Å². The van der Waals surface area contributed by atoms with Crippen LogP contribution in [0.25, 0.3) is 0 Å². The second-order valence-corrected chi connectivity index (χ2v) is 5.28. The van der Waals surface area contributed by atoms with Gasteiger partial charge in [-0.3, -0.25) is 9.48 Å². The Morgan fingerprint density at radius 2 is 2.00 bits per heavy atom. The van der Waals surface area contributed by atoms with E-state index < -0.39 is 0 Å². The molecule has 0 atom stereocenters. The summed E-state index contributed by atoms with van der Waals surface area (Å²) in [6.07, 6.45) is 1.54. The van der Waals surface area contributed by atoms with Crippen LogP contribution < -0.4 is 5.73 Å². The molecule has 0 unspecified atom stereocenters. The molecule has 112 valence electrons. The van der Waals surface area contributed by atoms with Gasteiger partial charge in [-0.15, -0.1) is 0 Å². The van der Waals surface area contributed by atoms with Crippen molar-refractivity contribution in [2.75, 3.05) is 5.73 Å². The summed E-state index contributed by atoms with van der Waals surface area (Å²) in [5, 5.41) is 4.15. The van der Waals surface area contributed by atoms with Crippen molar-refractivity contribution in [3.05, 3.63) is 47.8 Å². The largest absolute Gasteiger partial charge is 0.396 e. The molecule has 0 saturated heterocycles. The summed E-state index contributed by atoms with van der Waals surface area (Å²) < 4.78 is 1.65. The van der Waals surface area contributed by atoms with Gasteiger partial charge in [0.1, 0.15) is 5.69 Å². The van der Waals surface area contributed by atoms with E-state index >= 15 is 0 Å². The first-order chi connectivity index (χ1) is 10.0. The molecule has 2 rings (SSSR count). The van der Waals surface area contributed by atoms with Crippen molar-refractivity contribution in [2.24, 2.45) is 0 Å². The predicted molar refractivity (Wildman–Crippen MR) is 83.8 cm³/mol. The lowest BCUT2D eigenvalue weighted by atomic mass is 10.1. The molecule has 1 heterocycles. The average Bonchev–Trinajstić information content (AvgIpc) is 2.86. The van der Waals surface area contributed by atoms with Crippen LogP contribution in [0.1, 0.15) is 36.8 Å². The van der Waals surface area contributed by atoms with Gasteiger partial charge in [0, 0.05) is 19.1 Å². The maximum atomic E-state index is 12.8. The van der Waals surface area contributed by atoms with E-state index in [1.54, 1.807) is 4.68 Å². The van der Waals surface area contributed by atoms with Crippen molar-refractivity contribution in [3.63, 3.8) is 0 Å². The predicted octanol–water partition coefficient (Wildman–Crippen LogP) is 2.54. The van der Waals surface area contributed by atoms with Gasteiger partial charge in [0.15, 0.2) is 0 Å². The Bertz CT molecular complexity index is 604. The molecule has 1 aromatic heterocycles. The fourth-order valence-corrected chi connectivity index (χ4v) is 2.28. The van der Waals surface area contributed by atoms with Crippen molar-refractivity contribution in [3.8, 4) is 0 Å². The molecular weight excluding hydrogens is 264 g/mol. The number of hydrogen-bond acceptors (Lipinski definition) is 3. The third-order valence-electron chi connectivity index (χ3n) is 3.45. The van der Waals surface area contributed by atoms with Crippen molar-refractivity contribution in [1.29, 1.82) is 0 Å². The van der Waals surface area contributed by atoms with Gasteiger partial charge >= 0.3 is 0 Å². The number of aromatic nitrogens is 2. The first-order valence-corrected chi connectivity index (χ1v) is 7.20. The molecule has 0 aliphatic heterocycles. The topological polar surface area (TPSA) is 64.2 Å². The molecule has 0 spiro atoms. The highest BCUT2D eigenvalue weighted by molar-refractivity contribution is 5.97. The maximum absolute atomic E-state index is 12.8. The summed E-state index contributed by atoms with van der Waals surface area (Å²) in [4.78, 5) is 14.7. The van der Waals surface area contributed by atoms with Crippen LogP contribution in [0.15, 0.2) is 36.5 Å². The van der Waals surface area contributed by atoms with Crippen molar-refractivity contribution >= 4 is 11.6 Å². The van der Waals surface area contributed by atoms with Crippen molar-refractivity contribution in [2.45, 2.75) is 39.9 Å². The number of nitrogens with zero attached hydrogens (tertiary/aromatic N) is 3. The fourth-order valence-electron chi connectivity index (χ4n) is 2.28. The van der Waals surface area contributed by atoms with Crippen LogP contribution in [0.4, 0.5) is 5.69 Å². The zero-order chi connectivity index (χ0) is 15.4. The average molecular weight is 286 g/mol. The first-order valence-electron chi connectivity index (χ1n) is 7.20. The Morgan fingerprint density at radius 1 is 1.33 bits per heavy atom. The maximum Gasteiger partial charge on any atom is 0.274 e. The quantitative estimate of drug-likeness (QED) is 0.918. The summed E-state index contributed by atoms with van der Waals surface area (Å²) in [5.41, 5.74) is 7.92. The number of carbonyl (C=O) groups is 1. The van der Waals surface area contributed by atoms with Crippen molar-refractivity contribution in [1.82, 2.24) is 14.7 Å². The van der Waals surface area contributed by atoms with Crippen LogP contribution in [-0.4, -0.2) is 26.6 Å². The van der Waals surface area contributed by atoms with Crippen LogP contribution in [0.3, 0.4) is 0 Å². The van der Waals surface area contributed by atoms with E-state index in [9.17, 15) is 4.79 Å². The van der Waals surface area contributed by atoms with Gasteiger partial charge in [0.05, 0.1) is 11.9 Å². The van der Waals surface area contributed by atoms with Crippen LogP contribution in [0.5, 0.6) is 0 Å². The lowest BCUT2D eigenvalue weighted by Gasteiger charge is -2.27. The molecule has 0 aliphatic carbocycles.